The number of nitrogens with one attached hydrogen (secondary N) is 2. The molecule has 106 valence electrons. The topological polar surface area (TPSA) is 58.2 Å². The van der Waals surface area contributed by atoms with Gasteiger partial charge in [0.15, 0.2) is 0 Å². The molecule has 0 saturated heterocycles. The Morgan fingerprint density at radius 1 is 0.810 bits per heavy atom. The Labute approximate surface area is 123 Å². The van der Waals surface area contributed by atoms with Gasteiger partial charge in [0.2, 0.25) is 5.91 Å². The van der Waals surface area contributed by atoms with E-state index >= 15 is 0 Å². The number of rotatable bonds is 5. The molecular weight excluding hydrogens is 264 g/mol. The lowest BCUT2D eigenvalue weighted by molar-refractivity contribution is -0.118. The highest BCUT2D eigenvalue weighted by atomic mass is 16.2. The molecule has 0 unspecified atom stereocenters. The minimum Gasteiger partial charge on any atom is -0.326 e. The van der Waals surface area contributed by atoms with E-state index in [2.05, 4.69) is 17.2 Å². The van der Waals surface area contributed by atoms with E-state index in [0.29, 0.717) is 11.4 Å². The maximum absolute atomic E-state index is 11.9. The van der Waals surface area contributed by atoms with Gasteiger partial charge < -0.3 is 10.6 Å². The van der Waals surface area contributed by atoms with Crippen molar-refractivity contribution in [1.29, 1.82) is 0 Å². The van der Waals surface area contributed by atoms with Crippen molar-refractivity contribution in [3.63, 3.8) is 0 Å². The lowest BCUT2D eigenvalue weighted by atomic mass is 10.2. The first-order valence-corrected chi connectivity index (χ1v) is 6.54. The smallest absolute Gasteiger partial charge is 0.251 e. The normalized spacial score (nSPS) is 9.71. The third kappa shape index (κ3) is 4.62. The van der Waals surface area contributed by atoms with Crippen molar-refractivity contribution in [3.05, 3.63) is 72.8 Å². The second-order valence-electron chi connectivity index (χ2n) is 4.51. The summed E-state index contributed by atoms with van der Waals surface area (Å²) in [6.45, 7) is 3.66. The second kappa shape index (κ2) is 7.05. The van der Waals surface area contributed by atoms with Crippen molar-refractivity contribution in [2.45, 2.75) is 6.42 Å². The molecule has 0 aliphatic carbocycles. The van der Waals surface area contributed by atoms with Crippen molar-refractivity contribution < 1.29 is 9.59 Å². The first kappa shape index (κ1) is 14.5. The summed E-state index contributed by atoms with van der Waals surface area (Å²) in [7, 11) is 0. The van der Waals surface area contributed by atoms with Gasteiger partial charge in [-0.25, -0.2) is 0 Å². The third-order valence-corrected chi connectivity index (χ3v) is 2.78. The van der Waals surface area contributed by atoms with Crippen molar-refractivity contribution in [2.75, 3.05) is 10.6 Å². The summed E-state index contributed by atoms with van der Waals surface area (Å²) in [5.74, 6) is -0.626. The van der Waals surface area contributed by atoms with Gasteiger partial charge in [-0.15, -0.1) is 0 Å². The maximum atomic E-state index is 11.9. The highest BCUT2D eigenvalue weighted by Crippen LogP contribution is 2.10. The summed E-state index contributed by atoms with van der Waals surface area (Å²) in [4.78, 5) is 23.7. The standard InChI is InChI=1S/C17H16N2O2/c1-13(17(21)19-15-10-6-3-7-11-15)12-16(20)18-14-8-4-2-5-9-14/h2-11H,1,12H2,(H,18,20)(H,19,21). The van der Waals surface area contributed by atoms with E-state index in [9.17, 15) is 9.59 Å². The zero-order valence-corrected chi connectivity index (χ0v) is 11.5. The van der Waals surface area contributed by atoms with Crippen LogP contribution in [0.5, 0.6) is 0 Å². The van der Waals surface area contributed by atoms with Gasteiger partial charge >= 0.3 is 0 Å². The van der Waals surface area contributed by atoms with E-state index in [1.165, 1.54) is 0 Å². The van der Waals surface area contributed by atoms with Crippen LogP contribution < -0.4 is 10.6 Å². The molecule has 0 aliphatic heterocycles. The first-order valence-electron chi connectivity index (χ1n) is 6.54. The quantitative estimate of drug-likeness (QED) is 0.826. The van der Waals surface area contributed by atoms with E-state index in [1.807, 2.05) is 36.4 Å². The van der Waals surface area contributed by atoms with Gasteiger partial charge in [0.05, 0.1) is 6.42 Å². The van der Waals surface area contributed by atoms with Crippen LogP contribution in [0.1, 0.15) is 6.42 Å². The maximum Gasteiger partial charge on any atom is 0.251 e. The third-order valence-electron chi connectivity index (χ3n) is 2.78. The number of carbonyl (C=O) groups excluding carboxylic acids is 2. The number of hydrogen-bond donors (Lipinski definition) is 2. The van der Waals surface area contributed by atoms with Crippen LogP contribution in [0.4, 0.5) is 11.4 Å². The van der Waals surface area contributed by atoms with Crippen molar-refractivity contribution in [2.24, 2.45) is 0 Å². The molecule has 0 bridgehead atoms. The van der Waals surface area contributed by atoms with Crippen LogP contribution in [0.3, 0.4) is 0 Å². The summed E-state index contributed by atoms with van der Waals surface area (Å²) in [5.41, 5.74) is 1.58. The second-order valence-corrected chi connectivity index (χ2v) is 4.51. The molecule has 0 fully saturated rings. The van der Waals surface area contributed by atoms with Crippen LogP contribution in [-0.4, -0.2) is 11.8 Å². The van der Waals surface area contributed by atoms with Gasteiger partial charge in [0.25, 0.3) is 5.91 Å². The minimum absolute atomic E-state index is 0.0481. The number of benzene rings is 2. The molecule has 2 rings (SSSR count). The Hall–Kier alpha value is -2.88. The molecular formula is C17H16N2O2. The fourth-order valence-corrected chi connectivity index (χ4v) is 1.74. The monoisotopic (exact) mass is 280 g/mol. The average Bonchev–Trinajstić information content (AvgIpc) is 2.49. The first-order chi connectivity index (χ1) is 10.1. The fraction of sp³-hybridized carbons (Fsp3) is 0.0588. The molecule has 0 spiro atoms. The van der Waals surface area contributed by atoms with Crippen LogP contribution in [0.25, 0.3) is 0 Å². The van der Waals surface area contributed by atoms with Crippen LogP contribution in [0.2, 0.25) is 0 Å². The van der Waals surface area contributed by atoms with Gasteiger partial charge in [-0.3, -0.25) is 9.59 Å². The van der Waals surface area contributed by atoms with Crippen LogP contribution >= 0.6 is 0 Å². The number of amides is 2. The number of carbonyl (C=O) groups is 2. The largest absolute Gasteiger partial charge is 0.326 e. The molecule has 0 heterocycles. The molecule has 21 heavy (non-hydrogen) atoms. The molecule has 2 aromatic rings. The lowest BCUT2D eigenvalue weighted by Gasteiger charge is -2.08. The van der Waals surface area contributed by atoms with Crippen LogP contribution in [0.15, 0.2) is 72.8 Å². The molecule has 0 radical (unpaired) electrons. The molecule has 4 nitrogen and oxygen atoms in total. The molecule has 4 heteroatoms. The summed E-state index contributed by atoms with van der Waals surface area (Å²) >= 11 is 0. The lowest BCUT2D eigenvalue weighted by Crippen LogP contribution is -2.19. The average molecular weight is 280 g/mol. The Balaban J connectivity index is 1.86. The zero-order valence-electron chi connectivity index (χ0n) is 11.5. The molecule has 0 saturated carbocycles. The van der Waals surface area contributed by atoms with Gasteiger partial charge in [0.1, 0.15) is 0 Å². The molecule has 2 N–H and O–H groups in total. The molecule has 0 atom stereocenters. The highest BCUT2D eigenvalue weighted by Gasteiger charge is 2.12. The number of para-hydroxylation sites is 2. The van der Waals surface area contributed by atoms with Gasteiger partial charge in [-0.05, 0) is 24.3 Å². The molecule has 2 aromatic carbocycles. The zero-order chi connectivity index (χ0) is 15.1. The van der Waals surface area contributed by atoms with Gasteiger partial charge in [0, 0.05) is 16.9 Å². The predicted molar refractivity (Wildman–Crippen MR) is 83.9 cm³/mol. The van der Waals surface area contributed by atoms with Crippen LogP contribution in [-0.2, 0) is 9.59 Å². The Kier molecular flexibility index (Phi) is 4.88. The Morgan fingerprint density at radius 3 is 1.81 bits per heavy atom. The number of anilines is 2. The number of hydrogen-bond acceptors (Lipinski definition) is 2. The Bertz CT molecular complexity index is 636. The minimum atomic E-state index is -0.357. The summed E-state index contributed by atoms with van der Waals surface area (Å²) < 4.78 is 0. The molecule has 2 amide bonds. The van der Waals surface area contributed by atoms with E-state index in [0.717, 1.165) is 0 Å². The van der Waals surface area contributed by atoms with E-state index < -0.39 is 0 Å². The van der Waals surface area contributed by atoms with Crippen molar-refractivity contribution in [1.82, 2.24) is 0 Å². The molecule has 0 aliphatic rings. The highest BCUT2D eigenvalue weighted by molar-refractivity contribution is 6.07. The summed E-state index contributed by atoms with van der Waals surface area (Å²) in [6.07, 6.45) is -0.0481. The summed E-state index contributed by atoms with van der Waals surface area (Å²) in [5, 5.41) is 5.40. The predicted octanol–water partition coefficient (Wildman–Crippen LogP) is 3.21. The molecule has 0 aromatic heterocycles. The van der Waals surface area contributed by atoms with E-state index in [4.69, 9.17) is 0 Å². The summed E-state index contributed by atoms with van der Waals surface area (Å²) in [6, 6.07) is 18.1. The Morgan fingerprint density at radius 2 is 1.29 bits per heavy atom. The van der Waals surface area contributed by atoms with Gasteiger partial charge in [-0.2, -0.15) is 0 Å². The van der Waals surface area contributed by atoms with E-state index in [1.54, 1.807) is 24.3 Å². The van der Waals surface area contributed by atoms with Crippen molar-refractivity contribution >= 4 is 23.2 Å². The van der Waals surface area contributed by atoms with Gasteiger partial charge in [-0.1, -0.05) is 43.0 Å². The fourth-order valence-electron chi connectivity index (χ4n) is 1.74. The van der Waals surface area contributed by atoms with E-state index in [-0.39, 0.29) is 23.8 Å². The van der Waals surface area contributed by atoms with Crippen LogP contribution in [0, 0.1) is 0 Å². The SMILES string of the molecule is C=C(CC(=O)Nc1ccccc1)C(=O)Nc1ccccc1. The van der Waals surface area contributed by atoms with Crippen molar-refractivity contribution in [3.8, 4) is 0 Å².